The van der Waals surface area contributed by atoms with Crippen LogP contribution < -0.4 is 294 Å². The van der Waals surface area contributed by atoms with Crippen molar-refractivity contribution in [3.63, 3.8) is 0 Å². The molecule has 0 aromatic rings. The Hall–Kier alpha value is 7.92. The summed E-state index contributed by atoms with van der Waals surface area (Å²) in [6.45, 7) is 0.446. The van der Waals surface area contributed by atoms with Crippen molar-refractivity contribution in [2.75, 3.05) is 6.61 Å². The fraction of sp³-hybridized carbons (Fsp3) is 0.714. The SMILES string of the molecule is CC(=O)[O-].O.O.O=C([O-])CC(O)(CC(=O)[O-])C(=O)[O-].OCC1OC(O)C(O)C(O)C1O.[Ca+2].[Cl-].[Cl-].[Cl-].[Cl-].[Cl-].[Cl-].[K+].[Mg+2].[Na+].[Na+].[Na+].[Na+].[Na+]. The second-order valence-corrected chi connectivity index (χ2v) is 5.63. The second-order valence-electron chi connectivity index (χ2n) is 5.63. The fourth-order valence-electron chi connectivity index (χ4n) is 1.77. The summed E-state index contributed by atoms with van der Waals surface area (Å²) in [7, 11) is 0. The van der Waals surface area contributed by atoms with Gasteiger partial charge in [0, 0.05) is 30.7 Å². The first-order valence-electron chi connectivity index (χ1n) is 7.58. The van der Waals surface area contributed by atoms with E-state index in [0.717, 1.165) is 6.92 Å². The van der Waals surface area contributed by atoms with Gasteiger partial charge in [-0.15, -0.1) is 0 Å². The molecular weight excluding hydrogens is 871 g/mol. The van der Waals surface area contributed by atoms with Gasteiger partial charge in [0.25, 0.3) is 0 Å². The molecule has 0 aromatic heterocycles. The molecule has 17 nitrogen and oxygen atoms in total. The summed E-state index contributed by atoms with van der Waals surface area (Å²) < 4.78 is 4.58. The van der Waals surface area contributed by atoms with Gasteiger partial charge in [0.2, 0.25) is 0 Å². The van der Waals surface area contributed by atoms with Gasteiger partial charge in [-0.3, -0.25) is 0 Å². The van der Waals surface area contributed by atoms with Crippen molar-refractivity contribution < 1.29 is 360 Å². The van der Waals surface area contributed by atoms with Crippen molar-refractivity contribution in [2.24, 2.45) is 0 Å². The number of ether oxygens (including phenoxy) is 1. The third-order valence-corrected chi connectivity index (χ3v) is 3.12. The number of rotatable bonds is 6. The number of halogens is 6. The zero-order valence-corrected chi connectivity index (χ0v) is 46.8. The zero-order chi connectivity index (χ0) is 23.5. The minimum absolute atomic E-state index is 0. The molecular formula is C14H24CaCl6KMgNa5O17. The number of aliphatic hydroxyl groups is 6. The molecule has 0 spiro atoms. The van der Waals surface area contributed by atoms with Crippen molar-refractivity contribution in [1.82, 2.24) is 0 Å². The molecule has 0 saturated carbocycles. The van der Waals surface area contributed by atoms with E-state index in [1.807, 2.05) is 0 Å². The minimum Gasteiger partial charge on any atom is -1.00 e. The van der Waals surface area contributed by atoms with E-state index in [2.05, 4.69) is 4.74 Å². The summed E-state index contributed by atoms with van der Waals surface area (Å²) in [4.78, 5) is 38.9. The minimum atomic E-state index is -2.97. The summed E-state index contributed by atoms with van der Waals surface area (Å²) in [6, 6.07) is 0. The maximum absolute atomic E-state index is 10.1. The van der Waals surface area contributed by atoms with Crippen LogP contribution in [0.4, 0.5) is 0 Å². The summed E-state index contributed by atoms with van der Waals surface area (Å²) >= 11 is 0. The number of carbonyl (C=O) groups is 4. The molecule has 0 aromatic carbocycles. The first-order valence-corrected chi connectivity index (χ1v) is 7.58. The van der Waals surface area contributed by atoms with E-state index in [4.69, 9.17) is 40.5 Å². The molecule has 0 aliphatic carbocycles. The third kappa shape index (κ3) is 61.4. The monoisotopic (exact) mass is 892 g/mol. The molecule has 1 rings (SSSR count). The van der Waals surface area contributed by atoms with Gasteiger partial charge in [0.1, 0.15) is 30.0 Å². The fourth-order valence-corrected chi connectivity index (χ4v) is 1.77. The maximum atomic E-state index is 10.1. The van der Waals surface area contributed by atoms with E-state index < -0.39 is 79.6 Å². The standard InChI is InChI=1S/C6H8O7.C6H12O6.C2H4O2.Ca.6ClH.K.Mg.5Na.2H2O/c7-3(8)1-6(13,5(11)12)2-4(9)10;7-1-2-3(8)4(9)5(10)6(11)12-2;1-2(3)4;;;;;;;;;;;;;;;;/h13H,1-2H2,(H,7,8)(H,9,10)(H,11,12);2-11H,1H2;1H3,(H,3,4);;6*1H;;;;;;;;2*1H2/q;;;+2;;;;;;;+1;+2;5*+1;;/p-10. The Kier molecular flexibility index (Phi) is 173. The van der Waals surface area contributed by atoms with Gasteiger partial charge in [-0.25, -0.2) is 0 Å². The van der Waals surface area contributed by atoms with Crippen LogP contribution in [0.2, 0.25) is 0 Å². The Labute approximate surface area is 495 Å². The van der Waals surface area contributed by atoms with Crippen LogP contribution in [0.5, 0.6) is 0 Å². The van der Waals surface area contributed by atoms with Crippen LogP contribution in [-0.4, -0.2) is 169 Å². The van der Waals surface area contributed by atoms with Crippen LogP contribution in [0.1, 0.15) is 19.8 Å². The van der Waals surface area contributed by atoms with E-state index in [-0.39, 0.29) is 345 Å². The molecule has 1 heterocycles. The molecule has 5 atom stereocenters. The topological polar surface area (TPSA) is 354 Å². The Morgan fingerprint density at radius 3 is 1.11 bits per heavy atom. The molecule has 0 bridgehead atoms. The molecule has 0 amide bonds. The van der Waals surface area contributed by atoms with Crippen molar-refractivity contribution in [3.05, 3.63) is 0 Å². The first-order chi connectivity index (χ1) is 13.1. The van der Waals surface area contributed by atoms with E-state index in [1.165, 1.54) is 0 Å². The van der Waals surface area contributed by atoms with Crippen LogP contribution in [0.25, 0.3) is 0 Å². The van der Waals surface area contributed by atoms with E-state index >= 15 is 0 Å². The molecule has 5 unspecified atom stereocenters. The van der Waals surface area contributed by atoms with Crippen LogP contribution in [0.3, 0.4) is 0 Å². The van der Waals surface area contributed by atoms with Gasteiger partial charge < -0.3 is 160 Å². The molecule has 1 fully saturated rings. The zero-order valence-electron chi connectivity index (χ0n) is 25.5. The van der Waals surface area contributed by atoms with E-state index in [9.17, 15) is 29.7 Å². The van der Waals surface area contributed by atoms with Gasteiger partial charge in [0.05, 0.1) is 12.6 Å². The first kappa shape index (κ1) is 117. The predicted molar refractivity (Wildman–Crippen MR) is 94.6 cm³/mol. The molecule has 234 valence electrons. The van der Waals surface area contributed by atoms with E-state index in [1.54, 1.807) is 0 Å². The van der Waals surface area contributed by atoms with Crippen molar-refractivity contribution in [2.45, 2.75) is 56.1 Å². The average molecular weight is 895 g/mol. The van der Waals surface area contributed by atoms with Gasteiger partial charge in [-0.1, -0.05) is 0 Å². The molecule has 10 N–H and O–H groups in total. The number of aliphatic hydroxyl groups excluding tert-OH is 5. The Morgan fingerprint density at radius 1 is 0.689 bits per heavy atom. The number of hydrogen-bond donors (Lipinski definition) is 6. The van der Waals surface area contributed by atoms with Crippen LogP contribution >= 0.6 is 0 Å². The number of carbonyl (C=O) groups excluding carboxylic acids is 4. The van der Waals surface area contributed by atoms with Crippen LogP contribution in [0.15, 0.2) is 0 Å². The largest absolute Gasteiger partial charge is 2.00 e. The normalized spacial score (nSPS) is 16.8. The molecule has 1 aliphatic rings. The summed E-state index contributed by atoms with van der Waals surface area (Å²) in [5.41, 5.74) is -2.97. The van der Waals surface area contributed by atoms with Crippen molar-refractivity contribution >= 4 is 84.7 Å². The predicted octanol–water partition coefficient (Wildman–Crippen LogP) is -48.1. The number of aliphatic carboxylic acids is 4. The van der Waals surface area contributed by atoms with Gasteiger partial charge in [0.15, 0.2) is 6.29 Å². The molecule has 1 aliphatic heterocycles. The summed E-state index contributed by atoms with van der Waals surface area (Å²) in [5, 5.41) is 92.5. The maximum Gasteiger partial charge on any atom is 2.00 e. The van der Waals surface area contributed by atoms with Gasteiger partial charge in [-0.05, 0) is 6.92 Å². The van der Waals surface area contributed by atoms with Crippen LogP contribution in [0, 0.1) is 0 Å². The Balaban J connectivity index is -0.0000000137. The average Bonchev–Trinajstić information content (AvgIpc) is 2.54. The number of carboxylic acid groups (broad SMARTS) is 4. The molecule has 45 heavy (non-hydrogen) atoms. The van der Waals surface area contributed by atoms with Crippen molar-refractivity contribution in [3.8, 4) is 0 Å². The third-order valence-electron chi connectivity index (χ3n) is 3.12. The number of hydrogen-bond acceptors (Lipinski definition) is 15. The van der Waals surface area contributed by atoms with Crippen molar-refractivity contribution in [1.29, 1.82) is 0 Å². The quantitative estimate of drug-likeness (QED) is 0.135. The molecule has 0 radical (unpaired) electrons. The van der Waals surface area contributed by atoms with Gasteiger partial charge in [-0.2, -0.15) is 0 Å². The molecule has 31 heteroatoms. The summed E-state index contributed by atoms with van der Waals surface area (Å²) in [5.74, 6) is -7.07. The summed E-state index contributed by atoms with van der Waals surface area (Å²) in [6.07, 6.45) is -9.76. The second kappa shape index (κ2) is 66.7. The van der Waals surface area contributed by atoms with Crippen LogP contribution in [-0.2, 0) is 23.9 Å². The Morgan fingerprint density at radius 2 is 0.933 bits per heavy atom. The van der Waals surface area contributed by atoms with Gasteiger partial charge >= 0.3 is 260 Å². The van der Waals surface area contributed by atoms with E-state index in [0.29, 0.717) is 0 Å². The smallest absolute Gasteiger partial charge is 1.00 e. The number of carboxylic acids is 4. The Bertz CT molecular complexity index is 605. The molecule has 1 saturated heterocycles.